The number of amides is 1. The first-order chi connectivity index (χ1) is 10.2. The zero-order chi connectivity index (χ0) is 14.4. The van der Waals surface area contributed by atoms with E-state index < -0.39 is 6.10 Å². The summed E-state index contributed by atoms with van der Waals surface area (Å²) in [6.45, 7) is 0.190. The summed E-state index contributed by atoms with van der Waals surface area (Å²) in [5.74, 6) is -0.136. The van der Waals surface area contributed by atoms with Gasteiger partial charge in [-0.2, -0.15) is 0 Å². The number of nitrogens with one attached hydrogen (secondary N) is 1. The molecule has 0 aromatic carbocycles. The maximum atomic E-state index is 12.2. The van der Waals surface area contributed by atoms with E-state index in [0.29, 0.717) is 5.57 Å². The maximum Gasteiger partial charge on any atom is 0.252 e. The fourth-order valence-corrected chi connectivity index (χ4v) is 2.82. The number of allylic oxidation sites excluding steroid dienone is 6. The van der Waals surface area contributed by atoms with E-state index in [1.54, 1.807) is 24.5 Å². The third kappa shape index (κ3) is 2.04. The number of fused-ring (bicyclic) bond motifs is 2. The molecule has 4 rings (SSSR count). The minimum Gasteiger partial charge on any atom is -0.387 e. The molecule has 0 bridgehead atoms. The lowest BCUT2D eigenvalue weighted by molar-refractivity contribution is -0.117. The Hall–Kier alpha value is -2.46. The van der Waals surface area contributed by atoms with Crippen LogP contribution in [0.25, 0.3) is 0 Å². The second-order valence-electron chi connectivity index (χ2n) is 5.41. The van der Waals surface area contributed by atoms with Crippen LogP contribution in [0.3, 0.4) is 0 Å². The van der Waals surface area contributed by atoms with E-state index in [1.807, 2.05) is 12.2 Å². The Labute approximate surface area is 122 Å². The Morgan fingerprint density at radius 3 is 2.90 bits per heavy atom. The molecule has 2 N–H and O–H groups in total. The number of hydrogen-bond donors (Lipinski definition) is 2. The van der Waals surface area contributed by atoms with Crippen molar-refractivity contribution in [3.8, 4) is 0 Å². The highest BCUT2D eigenvalue weighted by Gasteiger charge is 2.35. The topological polar surface area (TPSA) is 62.2 Å². The van der Waals surface area contributed by atoms with E-state index in [0.717, 1.165) is 17.6 Å². The van der Waals surface area contributed by atoms with E-state index in [4.69, 9.17) is 0 Å². The number of pyridine rings is 1. The minimum atomic E-state index is -0.721. The van der Waals surface area contributed by atoms with Crippen LogP contribution in [0.15, 0.2) is 70.6 Å². The van der Waals surface area contributed by atoms with Gasteiger partial charge in [0.1, 0.15) is 0 Å². The minimum absolute atomic E-state index is 0.136. The van der Waals surface area contributed by atoms with Gasteiger partial charge in [-0.05, 0) is 58.6 Å². The molecular formula is C17H14N2O2. The number of carbonyl (C=O) groups excluding carboxylic acids is 1. The van der Waals surface area contributed by atoms with Crippen LogP contribution >= 0.6 is 0 Å². The van der Waals surface area contributed by atoms with Crippen LogP contribution in [-0.4, -0.2) is 22.5 Å². The average molecular weight is 278 g/mol. The Bertz CT molecular complexity index is 754. The van der Waals surface area contributed by atoms with E-state index in [-0.39, 0.29) is 12.5 Å². The molecular weight excluding hydrogens is 264 g/mol. The number of hydrogen-bond acceptors (Lipinski definition) is 3. The number of aliphatic hydroxyl groups excluding tert-OH is 1. The molecule has 0 aliphatic heterocycles. The Kier molecular flexibility index (Phi) is 2.65. The van der Waals surface area contributed by atoms with Gasteiger partial charge >= 0.3 is 0 Å². The molecule has 1 unspecified atom stereocenters. The second kappa shape index (κ2) is 4.53. The van der Waals surface area contributed by atoms with E-state index in [2.05, 4.69) is 16.4 Å². The van der Waals surface area contributed by atoms with Crippen LogP contribution in [0.4, 0.5) is 0 Å². The van der Waals surface area contributed by atoms with Gasteiger partial charge in [-0.15, -0.1) is 0 Å². The molecule has 1 fully saturated rings. The standard InChI is InChI=1S/C17H14N2O2/c20-16(10-3-5-18-6-4-10)9-19-17(21)13-2-1-12-14-7-11(14)8-15(12)13/h1-6,8,16,20H,7,9H2,(H,19,21). The first-order valence-corrected chi connectivity index (χ1v) is 6.97. The molecule has 21 heavy (non-hydrogen) atoms. The van der Waals surface area contributed by atoms with E-state index in [1.165, 1.54) is 16.7 Å². The third-order valence-electron chi connectivity index (χ3n) is 4.06. The van der Waals surface area contributed by atoms with E-state index in [9.17, 15) is 9.90 Å². The summed E-state index contributed by atoms with van der Waals surface area (Å²) in [6.07, 6.45) is 9.56. The van der Waals surface area contributed by atoms with Crippen LogP contribution in [0.2, 0.25) is 0 Å². The van der Waals surface area contributed by atoms with Crippen LogP contribution < -0.4 is 5.32 Å². The molecule has 1 heterocycles. The zero-order valence-corrected chi connectivity index (χ0v) is 11.3. The van der Waals surface area contributed by atoms with Crippen LogP contribution in [-0.2, 0) is 4.79 Å². The van der Waals surface area contributed by atoms with Crippen LogP contribution in [0, 0.1) is 0 Å². The fourth-order valence-electron chi connectivity index (χ4n) is 2.82. The lowest BCUT2D eigenvalue weighted by Gasteiger charge is -2.12. The molecule has 0 spiro atoms. The molecule has 1 aromatic heterocycles. The quantitative estimate of drug-likeness (QED) is 0.882. The first-order valence-electron chi connectivity index (χ1n) is 6.97. The molecule has 3 aliphatic carbocycles. The molecule has 1 amide bonds. The summed E-state index contributed by atoms with van der Waals surface area (Å²) < 4.78 is 0. The van der Waals surface area contributed by atoms with E-state index >= 15 is 0 Å². The maximum absolute atomic E-state index is 12.2. The number of rotatable bonds is 4. The number of carbonyl (C=O) groups is 1. The smallest absolute Gasteiger partial charge is 0.252 e. The summed E-state index contributed by atoms with van der Waals surface area (Å²) in [7, 11) is 0. The van der Waals surface area contributed by atoms with Gasteiger partial charge in [0.15, 0.2) is 0 Å². The van der Waals surface area contributed by atoms with Crippen molar-refractivity contribution < 1.29 is 9.90 Å². The molecule has 0 saturated heterocycles. The van der Waals surface area contributed by atoms with Crippen molar-refractivity contribution in [2.45, 2.75) is 12.5 Å². The first kappa shape index (κ1) is 12.3. The van der Waals surface area contributed by atoms with Crippen molar-refractivity contribution in [3.63, 3.8) is 0 Å². The Balaban J connectivity index is 1.44. The van der Waals surface area contributed by atoms with Crippen LogP contribution in [0.1, 0.15) is 18.1 Å². The predicted octanol–water partition coefficient (Wildman–Crippen LogP) is 1.74. The van der Waals surface area contributed by atoms with Gasteiger partial charge in [-0.1, -0.05) is 6.08 Å². The molecule has 1 saturated carbocycles. The molecule has 1 aromatic rings. The lowest BCUT2D eigenvalue weighted by atomic mass is 10.1. The molecule has 4 heteroatoms. The molecule has 4 nitrogen and oxygen atoms in total. The lowest BCUT2D eigenvalue weighted by Crippen LogP contribution is -2.29. The second-order valence-corrected chi connectivity index (χ2v) is 5.41. The molecule has 1 atom stereocenters. The largest absolute Gasteiger partial charge is 0.387 e. The number of aromatic nitrogens is 1. The van der Waals surface area contributed by atoms with Crippen molar-refractivity contribution in [1.29, 1.82) is 0 Å². The number of nitrogens with zero attached hydrogens (tertiary/aromatic N) is 1. The van der Waals surface area contributed by atoms with Crippen LogP contribution in [0.5, 0.6) is 0 Å². The highest BCUT2D eigenvalue weighted by molar-refractivity contribution is 6.01. The summed E-state index contributed by atoms with van der Waals surface area (Å²) in [4.78, 5) is 16.2. The average Bonchev–Trinajstić information content (AvgIpc) is 3.00. The van der Waals surface area contributed by atoms with Gasteiger partial charge in [0.05, 0.1) is 6.10 Å². The van der Waals surface area contributed by atoms with Gasteiger partial charge in [-0.3, -0.25) is 9.78 Å². The normalized spacial score (nSPS) is 19.4. The molecule has 104 valence electrons. The molecule has 0 radical (unpaired) electrons. The van der Waals surface area contributed by atoms with Gasteiger partial charge < -0.3 is 10.4 Å². The summed E-state index contributed by atoms with van der Waals surface area (Å²) >= 11 is 0. The highest BCUT2D eigenvalue weighted by atomic mass is 16.3. The SMILES string of the molecule is O=C(NCC(O)c1ccncc1)C1=C2C=C3CC3=C2C=C1. The Morgan fingerprint density at radius 1 is 1.29 bits per heavy atom. The summed E-state index contributed by atoms with van der Waals surface area (Å²) in [5.41, 5.74) is 6.40. The third-order valence-corrected chi connectivity index (χ3v) is 4.06. The zero-order valence-electron chi connectivity index (χ0n) is 11.3. The Morgan fingerprint density at radius 2 is 2.10 bits per heavy atom. The van der Waals surface area contributed by atoms with Gasteiger partial charge in [0.2, 0.25) is 0 Å². The monoisotopic (exact) mass is 278 g/mol. The fraction of sp³-hybridized carbons (Fsp3) is 0.176. The van der Waals surface area contributed by atoms with Gasteiger partial charge in [0, 0.05) is 24.5 Å². The van der Waals surface area contributed by atoms with Crippen molar-refractivity contribution in [1.82, 2.24) is 10.3 Å². The van der Waals surface area contributed by atoms with Crippen molar-refractivity contribution in [2.75, 3.05) is 6.54 Å². The predicted molar refractivity (Wildman–Crippen MR) is 78.1 cm³/mol. The number of aliphatic hydroxyl groups is 1. The summed E-state index contributed by atoms with van der Waals surface area (Å²) in [5, 5.41) is 12.8. The van der Waals surface area contributed by atoms with Crippen molar-refractivity contribution in [2.24, 2.45) is 0 Å². The van der Waals surface area contributed by atoms with Crippen molar-refractivity contribution in [3.05, 3.63) is 76.2 Å². The molecule has 3 aliphatic rings. The van der Waals surface area contributed by atoms with Gasteiger partial charge in [0.25, 0.3) is 5.91 Å². The highest BCUT2D eigenvalue weighted by Crippen LogP contribution is 2.51. The van der Waals surface area contributed by atoms with Gasteiger partial charge in [-0.25, -0.2) is 0 Å². The van der Waals surface area contributed by atoms with Crippen molar-refractivity contribution >= 4 is 5.91 Å². The summed E-state index contributed by atoms with van der Waals surface area (Å²) in [6, 6.07) is 3.48.